The summed E-state index contributed by atoms with van der Waals surface area (Å²) in [5, 5.41) is 18.1. The molecule has 0 aliphatic heterocycles. The first-order valence-corrected chi connectivity index (χ1v) is 11.4. The third kappa shape index (κ3) is 11.3. The van der Waals surface area contributed by atoms with Crippen LogP contribution in [0.1, 0.15) is 48.4 Å². The van der Waals surface area contributed by atoms with Crippen molar-refractivity contribution in [3.05, 3.63) is 35.4 Å². The number of aliphatic hydroxyl groups is 2. The number of carbonyl (C=O) groups excluding carboxylic acids is 6. The van der Waals surface area contributed by atoms with Crippen molar-refractivity contribution >= 4 is 35.8 Å². The average molecular weight is 542 g/mol. The lowest BCUT2D eigenvalue weighted by atomic mass is 10.1. The van der Waals surface area contributed by atoms with E-state index in [1.54, 1.807) is 0 Å². The maximum absolute atomic E-state index is 12.1. The molecule has 0 aromatic heterocycles. The summed E-state index contributed by atoms with van der Waals surface area (Å²) in [6, 6.07) is 5.23. The highest BCUT2D eigenvalue weighted by molar-refractivity contribution is 5.93. The monoisotopic (exact) mass is 542 g/mol. The van der Waals surface area contributed by atoms with Crippen molar-refractivity contribution in [3.8, 4) is 0 Å². The number of rotatable bonds is 14. The first-order valence-electron chi connectivity index (χ1n) is 11.4. The summed E-state index contributed by atoms with van der Waals surface area (Å²) in [5.41, 5.74) is 0.198. The van der Waals surface area contributed by atoms with E-state index < -0.39 is 60.2 Å². The summed E-state index contributed by atoms with van der Waals surface area (Å²) < 4.78 is 28.9. The van der Waals surface area contributed by atoms with Gasteiger partial charge in [-0.15, -0.1) is 0 Å². The van der Waals surface area contributed by atoms with E-state index in [4.69, 9.17) is 29.2 Å². The lowest BCUT2D eigenvalue weighted by Gasteiger charge is -2.14. The molecule has 0 saturated carbocycles. The zero-order chi connectivity index (χ0) is 28.8. The van der Waals surface area contributed by atoms with Gasteiger partial charge in [-0.3, -0.25) is 0 Å². The van der Waals surface area contributed by atoms with Gasteiger partial charge in [0.15, 0.2) is 12.2 Å². The number of aliphatic hydroxyl groups excluding tert-OH is 2. The standard InChI is InChI=1S/C24H30O14/c1-13(25)19(27)37-15(3)21(29)33-9-11-35-23(31)17-5-7-18(8-6-17)24(32)36-12-10-34-22(30)16(4)38-20(28)14(2)26/h5-8,13-16,25-26H,9-12H2,1-4H3/t13-,14-,15-,16-/m0/s1. The van der Waals surface area contributed by atoms with Crippen LogP contribution < -0.4 is 0 Å². The smallest absolute Gasteiger partial charge is 0.347 e. The molecule has 0 aliphatic rings. The molecule has 1 aromatic carbocycles. The van der Waals surface area contributed by atoms with Gasteiger partial charge in [0.1, 0.15) is 38.6 Å². The van der Waals surface area contributed by atoms with Crippen LogP contribution in [0.4, 0.5) is 0 Å². The fraction of sp³-hybridized carbons (Fsp3) is 0.500. The summed E-state index contributed by atoms with van der Waals surface area (Å²) in [5.74, 6) is -5.26. The van der Waals surface area contributed by atoms with Crippen LogP contribution in [0.5, 0.6) is 0 Å². The number of benzene rings is 1. The summed E-state index contributed by atoms with van der Waals surface area (Å²) in [7, 11) is 0. The molecular weight excluding hydrogens is 512 g/mol. The summed E-state index contributed by atoms with van der Waals surface area (Å²) >= 11 is 0. The van der Waals surface area contributed by atoms with Crippen LogP contribution >= 0.6 is 0 Å². The molecule has 0 heterocycles. The van der Waals surface area contributed by atoms with Crippen molar-refractivity contribution in [2.45, 2.75) is 52.1 Å². The van der Waals surface area contributed by atoms with E-state index >= 15 is 0 Å². The van der Waals surface area contributed by atoms with Crippen LogP contribution in [0.15, 0.2) is 24.3 Å². The van der Waals surface area contributed by atoms with E-state index in [0.717, 1.165) is 0 Å². The fourth-order valence-electron chi connectivity index (χ4n) is 2.34. The molecule has 14 nitrogen and oxygen atoms in total. The first-order chi connectivity index (χ1) is 17.8. The third-order valence-electron chi connectivity index (χ3n) is 4.41. The lowest BCUT2D eigenvalue weighted by Crippen LogP contribution is -2.31. The maximum atomic E-state index is 12.1. The largest absolute Gasteiger partial charge is 0.459 e. The van der Waals surface area contributed by atoms with Gasteiger partial charge in [0.05, 0.1) is 11.1 Å². The molecule has 0 aliphatic carbocycles. The second-order valence-corrected chi connectivity index (χ2v) is 7.69. The SMILES string of the molecule is C[C@H](O)C(=O)O[C@@H](C)C(=O)OCCOC(=O)c1ccc(C(=O)OCCOC(=O)[C@H](C)OC(=O)[C@H](C)O)cc1. The van der Waals surface area contributed by atoms with Crippen molar-refractivity contribution in [1.82, 2.24) is 0 Å². The molecule has 0 spiro atoms. The molecule has 210 valence electrons. The van der Waals surface area contributed by atoms with E-state index in [1.165, 1.54) is 52.0 Å². The molecule has 2 N–H and O–H groups in total. The Hall–Kier alpha value is -4.04. The van der Waals surface area contributed by atoms with Gasteiger partial charge < -0.3 is 38.6 Å². The Kier molecular flexibility index (Phi) is 13.4. The highest BCUT2D eigenvalue weighted by Crippen LogP contribution is 2.08. The van der Waals surface area contributed by atoms with Crippen molar-refractivity contribution in [2.75, 3.05) is 26.4 Å². The minimum absolute atomic E-state index is 0.0989. The van der Waals surface area contributed by atoms with Gasteiger partial charge in [0.2, 0.25) is 0 Å². The van der Waals surface area contributed by atoms with Crippen LogP contribution in [0, 0.1) is 0 Å². The quantitative estimate of drug-likeness (QED) is 0.177. The summed E-state index contributed by atoms with van der Waals surface area (Å²) in [6.07, 6.45) is -5.29. The minimum Gasteiger partial charge on any atom is -0.459 e. The third-order valence-corrected chi connectivity index (χ3v) is 4.41. The molecular formula is C24H30O14. The highest BCUT2D eigenvalue weighted by atomic mass is 16.6. The van der Waals surface area contributed by atoms with Crippen LogP contribution in [0.2, 0.25) is 0 Å². The number of esters is 6. The summed E-state index contributed by atoms with van der Waals surface area (Å²) in [6.45, 7) is 3.68. The Balaban J connectivity index is 2.36. The second-order valence-electron chi connectivity index (χ2n) is 7.69. The van der Waals surface area contributed by atoms with E-state index in [0.29, 0.717) is 0 Å². The van der Waals surface area contributed by atoms with Crippen molar-refractivity contribution in [1.29, 1.82) is 0 Å². The molecule has 0 bridgehead atoms. The second kappa shape index (κ2) is 15.9. The van der Waals surface area contributed by atoms with Gasteiger partial charge in [-0.25, -0.2) is 28.8 Å². The molecule has 14 heteroatoms. The predicted molar refractivity (Wildman–Crippen MR) is 123 cm³/mol. The molecule has 0 radical (unpaired) electrons. The topological polar surface area (TPSA) is 198 Å². The molecule has 0 amide bonds. The highest BCUT2D eigenvalue weighted by Gasteiger charge is 2.23. The van der Waals surface area contributed by atoms with Gasteiger partial charge in [-0.2, -0.15) is 0 Å². The molecule has 1 rings (SSSR count). The zero-order valence-electron chi connectivity index (χ0n) is 21.2. The van der Waals surface area contributed by atoms with Crippen molar-refractivity contribution in [3.63, 3.8) is 0 Å². The molecule has 4 atom stereocenters. The van der Waals surface area contributed by atoms with Crippen LogP contribution in [0.25, 0.3) is 0 Å². The van der Waals surface area contributed by atoms with Gasteiger partial charge in [-0.1, -0.05) is 0 Å². The maximum Gasteiger partial charge on any atom is 0.347 e. The molecule has 38 heavy (non-hydrogen) atoms. The first kappa shape index (κ1) is 32.0. The van der Waals surface area contributed by atoms with Crippen LogP contribution in [-0.4, -0.2) is 96.9 Å². The normalized spacial score (nSPS) is 13.6. The number of carbonyl (C=O) groups is 6. The Labute approximate surface area is 217 Å². The Bertz CT molecular complexity index is 903. The molecule has 1 aromatic rings. The number of ether oxygens (including phenoxy) is 6. The summed E-state index contributed by atoms with van der Waals surface area (Å²) in [4.78, 5) is 70.1. The molecule has 0 fully saturated rings. The molecule has 0 unspecified atom stereocenters. The average Bonchev–Trinajstić information content (AvgIpc) is 2.88. The lowest BCUT2D eigenvalue weighted by molar-refractivity contribution is -0.171. The minimum atomic E-state index is -1.39. The van der Waals surface area contributed by atoms with Crippen molar-refractivity contribution < 1.29 is 67.4 Å². The van der Waals surface area contributed by atoms with E-state index in [2.05, 4.69) is 9.47 Å². The number of hydrogen-bond donors (Lipinski definition) is 2. The van der Waals surface area contributed by atoms with Crippen LogP contribution in [0.3, 0.4) is 0 Å². The Morgan fingerprint density at radius 1 is 0.553 bits per heavy atom. The van der Waals surface area contributed by atoms with E-state index in [1.807, 2.05) is 0 Å². The number of hydrogen-bond acceptors (Lipinski definition) is 14. The van der Waals surface area contributed by atoms with Crippen LogP contribution in [-0.2, 0) is 47.6 Å². The van der Waals surface area contributed by atoms with Gasteiger partial charge in [0.25, 0.3) is 0 Å². The molecule has 0 saturated heterocycles. The van der Waals surface area contributed by atoms with Gasteiger partial charge in [-0.05, 0) is 52.0 Å². The van der Waals surface area contributed by atoms with Gasteiger partial charge in [0, 0.05) is 0 Å². The predicted octanol–water partition coefficient (Wildman–Crippen LogP) is -0.288. The van der Waals surface area contributed by atoms with Gasteiger partial charge >= 0.3 is 35.8 Å². The Morgan fingerprint density at radius 2 is 0.842 bits per heavy atom. The van der Waals surface area contributed by atoms with Crippen molar-refractivity contribution in [2.24, 2.45) is 0 Å². The zero-order valence-corrected chi connectivity index (χ0v) is 21.2. The fourth-order valence-corrected chi connectivity index (χ4v) is 2.34. The Morgan fingerprint density at radius 3 is 1.13 bits per heavy atom. The van der Waals surface area contributed by atoms with E-state index in [-0.39, 0.29) is 37.6 Å². The van der Waals surface area contributed by atoms with E-state index in [9.17, 15) is 28.8 Å².